The third kappa shape index (κ3) is 1.71. The Labute approximate surface area is 92.2 Å². The highest BCUT2D eigenvalue weighted by atomic mass is 16.1. The van der Waals surface area contributed by atoms with E-state index in [0.717, 1.165) is 11.3 Å². The van der Waals surface area contributed by atoms with Crippen LogP contribution in [0.15, 0.2) is 35.3 Å². The third-order valence-corrected chi connectivity index (χ3v) is 2.30. The van der Waals surface area contributed by atoms with Gasteiger partial charge in [-0.1, -0.05) is 6.07 Å². The van der Waals surface area contributed by atoms with Gasteiger partial charge in [0.15, 0.2) is 0 Å². The molecule has 0 aromatic carbocycles. The molecule has 2 aromatic rings. The molecule has 4 nitrogen and oxygen atoms in total. The maximum Gasteiger partial charge on any atom is 0.266 e. The molecule has 0 atom stereocenters. The molecule has 2 heterocycles. The average Bonchev–Trinajstić information content (AvgIpc) is 2.30. The quantitative estimate of drug-likeness (QED) is 0.779. The van der Waals surface area contributed by atoms with Crippen molar-refractivity contribution >= 4 is 0 Å². The van der Waals surface area contributed by atoms with Crippen LogP contribution in [0.3, 0.4) is 0 Å². The highest BCUT2D eigenvalue weighted by Crippen LogP contribution is 2.18. The molecule has 78 valence electrons. The lowest BCUT2D eigenvalue weighted by atomic mass is 10.1. The molecule has 0 saturated heterocycles. The van der Waals surface area contributed by atoms with Gasteiger partial charge in [0.05, 0.1) is 5.69 Å². The van der Waals surface area contributed by atoms with Crippen LogP contribution in [0.25, 0.3) is 11.3 Å². The van der Waals surface area contributed by atoms with Gasteiger partial charge in [0.25, 0.3) is 5.56 Å². The van der Waals surface area contributed by atoms with E-state index in [4.69, 9.17) is 5.26 Å². The fraction of sp³-hybridized carbons (Fsp3) is 0.0833. The van der Waals surface area contributed by atoms with Gasteiger partial charge in [-0.2, -0.15) is 5.26 Å². The Hall–Kier alpha value is -2.41. The first-order chi connectivity index (χ1) is 7.72. The summed E-state index contributed by atoms with van der Waals surface area (Å²) in [6.45, 7) is 1.78. The van der Waals surface area contributed by atoms with Gasteiger partial charge >= 0.3 is 0 Å². The Morgan fingerprint density at radius 1 is 1.44 bits per heavy atom. The summed E-state index contributed by atoms with van der Waals surface area (Å²) in [5.41, 5.74) is 1.97. The molecule has 1 N–H and O–H groups in total. The molecule has 16 heavy (non-hydrogen) atoms. The molecule has 2 aromatic heterocycles. The van der Waals surface area contributed by atoms with E-state index in [2.05, 4.69) is 9.97 Å². The normalized spacial score (nSPS) is 9.75. The monoisotopic (exact) mass is 211 g/mol. The number of hydrogen-bond acceptors (Lipinski definition) is 3. The molecule has 0 aliphatic heterocycles. The zero-order valence-corrected chi connectivity index (χ0v) is 8.69. The van der Waals surface area contributed by atoms with Crippen molar-refractivity contribution in [2.24, 2.45) is 0 Å². The number of aromatic nitrogens is 2. The number of aryl methyl sites for hydroxylation is 1. The summed E-state index contributed by atoms with van der Waals surface area (Å²) in [5.74, 6) is 0. The van der Waals surface area contributed by atoms with E-state index in [1.54, 1.807) is 19.2 Å². The Balaban J connectivity index is 2.68. The SMILES string of the molecule is Cc1[nH]c(=O)c(C#N)cc1-c1ccccn1. The maximum absolute atomic E-state index is 11.4. The number of hydrogen-bond donors (Lipinski definition) is 1. The van der Waals surface area contributed by atoms with Crippen LogP contribution < -0.4 is 5.56 Å². The minimum absolute atomic E-state index is 0.103. The molecule has 0 aliphatic carbocycles. The predicted octanol–water partition coefficient (Wildman–Crippen LogP) is 1.62. The van der Waals surface area contributed by atoms with Gasteiger partial charge in [0.2, 0.25) is 0 Å². The van der Waals surface area contributed by atoms with Gasteiger partial charge in [0, 0.05) is 17.5 Å². The van der Waals surface area contributed by atoms with Crippen molar-refractivity contribution in [3.63, 3.8) is 0 Å². The lowest BCUT2D eigenvalue weighted by Crippen LogP contribution is -2.12. The number of pyridine rings is 2. The topological polar surface area (TPSA) is 69.5 Å². The predicted molar refractivity (Wildman–Crippen MR) is 59.7 cm³/mol. The van der Waals surface area contributed by atoms with E-state index in [9.17, 15) is 4.79 Å². The third-order valence-electron chi connectivity index (χ3n) is 2.30. The molecule has 0 bridgehead atoms. The Morgan fingerprint density at radius 3 is 2.88 bits per heavy atom. The van der Waals surface area contributed by atoms with Crippen molar-refractivity contribution in [1.82, 2.24) is 9.97 Å². The molecule has 0 radical (unpaired) electrons. The number of aromatic amines is 1. The van der Waals surface area contributed by atoms with Crippen molar-refractivity contribution < 1.29 is 0 Å². The summed E-state index contributed by atoms with van der Waals surface area (Å²) in [6.07, 6.45) is 1.67. The standard InChI is InChI=1S/C12H9N3O/c1-8-10(11-4-2-3-5-14-11)6-9(7-13)12(16)15-8/h2-6H,1H3,(H,15,16). The number of nitrogens with one attached hydrogen (secondary N) is 1. The molecule has 0 aliphatic rings. The van der Waals surface area contributed by atoms with E-state index in [1.165, 1.54) is 0 Å². The minimum Gasteiger partial charge on any atom is -0.325 e. The molecule has 2 rings (SSSR count). The van der Waals surface area contributed by atoms with Crippen LogP contribution >= 0.6 is 0 Å². The number of H-pyrrole nitrogens is 1. The Kier molecular flexibility index (Phi) is 2.52. The minimum atomic E-state index is -0.361. The second-order valence-electron chi connectivity index (χ2n) is 3.38. The molecule has 4 heteroatoms. The van der Waals surface area contributed by atoms with E-state index < -0.39 is 0 Å². The molecule has 0 amide bonds. The number of nitriles is 1. The van der Waals surface area contributed by atoms with Crippen molar-refractivity contribution in [3.8, 4) is 17.3 Å². The van der Waals surface area contributed by atoms with Gasteiger partial charge in [-0.3, -0.25) is 9.78 Å². The zero-order chi connectivity index (χ0) is 11.5. The van der Waals surface area contributed by atoms with Crippen LogP contribution in [0.2, 0.25) is 0 Å². The highest BCUT2D eigenvalue weighted by Gasteiger charge is 2.07. The van der Waals surface area contributed by atoms with Crippen LogP contribution in [0.1, 0.15) is 11.3 Å². The van der Waals surface area contributed by atoms with Crippen LogP contribution in [0.5, 0.6) is 0 Å². The zero-order valence-electron chi connectivity index (χ0n) is 8.69. The average molecular weight is 211 g/mol. The second-order valence-corrected chi connectivity index (χ2v) is 3.38. The summed E-state index contributed by atoms with van der Waals surface area (Å²) in [5, 5.41) is 8.79. The first kappa shape index (κ1) is 10.1. The lowest BCUT2D eigenvalue weighted by molar-refractivity contribution is 1.12. The first-order valence-electron chi connectivity index (χ1n) is 4.78. The number of nitrogens with zero attached hydrogens (tertiary/aromatic N) is 2. The van der Waals surface area contributed by atoms with Crippen molar-refractivity contribution in [3.05, 3.63) is 52.1 Å². The molecule has 0 unspecified atom stereocenters. The maximum atomic E-state index is 11.4. The molecule has 0 saturated carbocycles. The summed E-state index contributed by atoms with van der Waals surface area (Å²) in [4.78, 5) is 18.2. The fourth-order valence-electron chi connectivity index (χ4n) is 1.49. The van der Waals surface area contributed by atoms with Crippen LogP contribution in [0, 0.1) is 18.3 Å². The van der Waals surface area contributed by atoms with Gasteiger partial charge in [-0.05, 0) is 25.1 Å². The summed E-state index contributed by atoms with van der Waals surface area (Å²) < 4.78 is 0. The van der Waals surface area contributed by atoms with Crippen LogP contribution in [-0.4, -0.2) is 9.97 Å². The smallest absolute Gasteiger partial charge is 0.266 e. The Morgan fingerprint density at radius 2 is 2.25 bits per heavy atom. The van der Waals surface area contributed by atoms with Gasteiger partial charge in [0.1, 0.15) is 11.6 Å². The first-order valence-corrected chi connectivity index (χ1v) is 4.78. The van der Waals surface area contributed by atoms with E-state index in [0.29, 0.717) is 5.69 Å². The van der Waals surface area contributed by atoms with Crippen molar-refractivity contribution in [2.45, 2.75) is 6.92 Å². The van der Waals surface area contributed by atoms with Crippen molar-refractivity contribution in [1.29, 1.82) is 5.26 Å². The van der Waals surface area contributed by atoms with Gasteiger partial charge in [-0.25, -0.2) is 0 Å². The number of rotatable bonds is 1. The molecular weight excluding hydrogens is 202 g/mol. The lowest BCUT2D eigenvalue weighted by Gasteiger charge is -2.04. The van der Waals surface area contributed by atoms with E-state index >= 15 is 0 Å². The highest BCUT2D eigenvalue weighted by molar-refractivity contribution is 5.63. The fourth-order valence-corrected chi connectivity index (χ4v) is 1.49. The summed E-state index contributed by atoms with van der Waals surface area (Å²) in [6, 6.07) is 8.94. The summed E-state index contributed by atoms with van der Waals surface area (Å²) in [7, 11) is 0. The largest absolute Gasteiger partial charge is 0.325 e. The summed E-state index contributed by atoms with van der Waals surface area (Å²) >= 11 is 0. The Bertz CT molecular complexity index is 608. The van der Waals surface area contributed by atoms with Gasteiger partial charge in [-0.15, -0.1) is 0 Å². The van der Waals surface area contributed by atoms with Gasteiger partial charge < -0.3 is 4.98 Å². The van der Waals surface area contributed by atoms with E-state index in [1.807, 2.05) is 24.3 Å². The van der Waals surface area contributed by atoms with Crippen LogP contribution in [-0.2, 0) is 0 Å². The molecule has 0 fully saturated rings. The van der Waals surface area contributed by atoms with Crippen LogP contribution in [0.4, 0.5) is 0 Å². The second kappa shape index (κ2) is 3.99. The van der Waals surface area contributed by atoms with Crippen molar-refractivity contribution in [2.75, 3.05) is 0 Å². The van der Waals surface area contributed by atoms with E-state index in [-0.39, 0.29) is 11.1 Å². The molecule has 0 spiro atoms. The molecular formula is C12H9N3O.